The average Bonchev–Trinajstić information content (AvgIpc) is 2.43. The van der Waals surface area contributed by atoms with Crippen LogP contribution in [0.15, 0.2) is 11.3 Å². The van der Waals surface area contributed by atoms with Crippen molar-refractivity contribution in [2.75, 3.05) is 11.0 Å². The summed E-state index contributed by atoms with van der Waals surface area (Å²) in [5.74, 6) is 0.237. The van der Waals surface area contributed by atoms with E-state index in [1.807, 2.05) is 27.7 Å². The van der Waals surface area contributed by atoms with Crippen LogP contribution in [-0.4, -0.2) is 22.5 Å². The molecule has 0 amide bonds. The van der Waals surface area contributed by atoms with Crippen LogP contribution in [0.5, 0.6) is 0 Å². The van der Waals surface area contributed by atoms with Crippen molar-refractivity contribution in [2.45, 2.75) is 33.3 Å². The van der Waals surface area contributed by atoms with Crippen molar-refractivity contribution in [3.8, 4) is 0 Å². The number of alkyl halides is 1. The normalized spacial score (nSPS) is 21.5. The zero-order chi connectivity index (χ0) is 11.6. The Kier molecular flexibility index (Phi) is 4.03. The van der Waals surface area contributed by atoms with Crippen molar-refractivity contribution < 1.29 is 9.53 Å². The van der Waals surface area contributed by atoms with Crippen LogP contribution in [0.1, 0.15) is 27.7 Å². The minimum atomic E-state index is -0.422. The van der Waals surface area contributed by atoms with E-state index in [1.54, 1.807) is 0 Å². The second kappa shape index (κ2) is 4.72. The molecule has 1 atom stereocenters. The van der Waals surface area contributed by atoms with Gasteiger partial charge in [0.2, 0.25) is 0 Å². The summed E-state index contributed by atoms with van der Waals surface area (Å²) in [7, 11) is 0. The molecule has 1 N–H and O–H groups in total. The third-order valence-corrected chi connectivity index (χ3v) is 3.38. The molecule has 15 heavy (non-hydrogen) atoms. The number of esters is 1. The maximum absolute atomic E-state index is 11.8. The molecule has 0 aliphatic carbocycles. The lowest BCUT2D eigenvalue weighted by atomic mass is 10.1. The molecule has 3 nitrogen and oxygen atoms in total. The van der Waals surface area contributed by atoms with E-state index in [0.717, 1.165) is 16.5 Å². The molecule has 0 aromatic rings. The molecule has 4 heteroatoms. The number of halogens is 1. The minimum Gasteiger partial charge on any atom is -0.455 e. The second-order valence-corrected chi connectivity index (χ2v) is 5.67. The lowest BCUT2D eigenvalue weighted by Crippen LogP contribution is -2.28. The lowest BCUT2D eigenvalue weighted by Gasteiger charge is -2.20. The molecule has 0 spiro atoms. The molecular weight excluding hydrogens is 305 g/mol. The fourth-order valence-electron chi connectivity index (χ4n) is 1.45. The topological polar surface area (TPSA) is 38.3 Å². The summed E-state index contributed by atoms with van der Waals surface area (Å²) in [5.41, 5.74) is 1.36. The fraction of sp³-hybridized carbons (Fsp3) is 0.727. The Morgan fingerprint density at radius 1 is 1.60 bits per heavy atom. The number of hydrogen-bond donors (Lipinski definition) is 1. The minimum absolute atomic E-state index is 0.229. The third-order valence-electron chi connectivity index (χ3n) is 2.32. The molecular formula is C11H18INO2. The zero-order valence-electron chi connectivity index (χ0n) is 9.69. The van der Waals surface area contributed by atoms with E-state index < -0.39 is 5.60 Å². The number of ether oxygens (including phenoxy) is 1. The maximum atomic E-state index is 11.8. The Morgan fingerprint density at radius 3 is 2.60 bits per heavy atom. The number of rotatable bonds is 2. The van der Waals surface area contributed by atoms with Gasteiger partial charge in [0.15, 0.2) is 0 Å². The Labute approximate surface area is 105 Å². The first-order valence-electron chi connectivity index (χ1n) is 5.09. The first-order chi connectivity index (χ1) is 6.85. The molecule has 1 unspecified atom stereocenters. The summed E-state index contributed by atoms with van der Waals surface area (Å²) < 4.78 is 6.35. The highest BCUT2D eigenvalue weighted by Crippen LogP contribution is 2.24. The molecule has 1 aliphatic rings. The molecule has 0 aromatic carbocycles. The van der Waals surface area contributed by atoms with Crippen LogP contribution >= 0.6 is 22.6 Å². The van der Waals surface area contributed by atoms with E-state index >= 15 is 0 Å². The van der Waals surface area contributed by atoms with Crippen molar-refractivity contribution >= 4 is 28.6 Å². The van der Waals surface area contributed by atoms with Crippen LogP contribution in [-0.2, 0) is 9.53 Å². The Hall–Kier alpha value is -0.260. The Bertz CT molecular complexity index is 291. The number of hydrogen-bond acceptors (Lipinski definition) is 3. The molecule has 0 radical (unpaired) electrons. The largest absolute Gasteiger partial charge is 0.455 e. The van der Waals surface area contributed by atoms with Gasteiger partial charge in [-0.15, -0.1) is 0 Å². The van der Waals surface area contributed by atoms with E-state index in [2.05, 4.69) is 27.9 Å². The molecule has 1 aliphatic heterocycles. The number of carbonyl (C=O) groups excluding carboxylic acids is 1. The summed E-state index contributed by atoms with van der Waals surface area (Å²) in [6.07, 6.45) is 0. The molecule has 1 heterocycles. The van der Waals surface area contributed by atoms with Gasteiger partial charge in [0.05, 0.1) is 0 Å². The molecule has 1 rings (SSSR count). The highest BCUT2D eigenvalue weighted by Gasteiger charge is 2.28. The van der Waals surface area contributed by atoms with Gasteiger partial charge in [0.1, 0.15) is 11.3 Å². The maximum Gasteiger partial charge on any atom is 0.354 e. The van der Waals surface area contributed by atoms with Crippen LogP contribution < -0.4 is 5.32 Å². The first kappa shape index (κ1) is 12.8. The fourth-order valence-corrected chi connectivity index (χ4v) is 2.43. The van der Waals surface area contributed by atoms with E-state index in [1.165, 1.54) is 0 Å². The predicted molar refractivity (Wildman–Crippen MR) is 68.9 cm³/mol. The van der Waals surface area contributed by atoms with Gasteiger partial charge in [-0.05, 0) is 33.3 Å². The van der Waals surface area contributed by atoms with Crippen LogP contribution in [0, 0.1) is 5.92 Å². The van der Waals surface area contributed by atoms with Crippen LogP contribution in [0.4, 0.5) is 0 Å². The summed E-state index contributed by atoms with van der Waals surface area (Å²) in [6.45, 7) is 8.49. The van der Waals surface area contributed by atoms with E-state index in [-0.39, 0.29) is 5.97 Å². The predicted octanol–water partition coefficient (Wildman–Crippen LogP) is 2.26. The van der Waals surface area contributed by atoms with E-state index in [0.29, 0.717) is 11.6 Å². The van der Waals surface area contributed by atoms with Crippen molar-refractivity contribution in [2.24, 2.45) is 5.92 Å². The van der Waals surface area contributed by atoms with Gasteiger partial charge in [-0.25, -0.2) is 4.79 Å². The van der Waals surface area contributed by atoms with E-state index in [4.69, 9.17) is 4.74 Å². The number of nitrogens with one attached hydrogen (secondary N) is 1. The molecule has 0 bridgehead atoms. The Morgan fingerprint density at radius 2 is 2.20 bits per heavy atom. The molecule has 0 saturated heterocycles. The summed E-state index contributed by atoms with van der Waals surface area (Å²) in [4.78, 5) is 11.8. The molecule has 86 valence electrons. The van der Waals surface area contributed by atoms with Gasteiger partial charge in [-0.3, -0.25) is 0 Å². The molecule has 0 aromatic heterocycles. The van der Waals surface area contributed by atoms with Crippen molar-refractivity contribution in [3.63, 3.8) is 0 Å². The van der Waals surface area contributed by atoms with Crippen LogP contribution in [0.2, 0.25) is 0 Å². The van der Waals surface area contributed by atoms with Crippen LogP contribution in [0.25, 0.3) is 0 Å². The lowest BCUT2D eigenvalue weighted by molar-refractivity contribution is -0.150. The van der Waals surface area contributed by atoms with Gasteiger partial charge >= 0.3 is 5.97 Å². The first-order valence-corrected chi connectivity index (χ1v) is 6.61. The Balaban J connectivity index is 2.73. The van der Waals surface area contributed by atoms with Gasteiger partial charge in [0, 0.05) is 16.9 Å². The SMILES string of the molecule is CC1=C(C(=O)OC(C)(C)C)NCC1CI. The summed E-state index contributed by atoms with van der Waals surface area (Å²) in [5, 5.41) is 3.13. The van der Waals surface area contributed by atoms with Gasteiger partial charge < -0.3 is 10.1 Å². The zero-order valence-corrected chi connectivity index (χ0v) is 11.8. The van der Waals surface area contributed by atoms with Gasteiger partial charge in [-0.2, -0.15) is 0 Å². The van der Waals surface area contributed by atoms with Gasteiger partial charge in [0.25, 0.3) is 0 Å². The monoisotopic (exact) mass is 323 g/mol. The van der Waals surface area contributed by atoms with Gasteiger partial charge in [-0.1, -0.05) is 22.6 Å². The van der Waals surface area contributed by atoms with Crippen molar-refractivity contribution in [1.29, 1.82) is 0 Å². The number of carbonyl (C=O) groups is 1. The highest BCUT2D eigenvalue weighted by molar-refractivity contribution is 14.1. The molecule has 0 fully saturated rings. The average molecular weight is 323 g/mol. The third kappa shape index (κ3) is 3.36. The second-order valence-electron chi connectivity index (χ2n) is 4.79. The highest BCUT2D eigenvalue weighted by atomic mass is 127. The smallest absolute Gasteiger partial charge is 0.354 e. The van der Waals surface area contributed by atoms with E-state index in [9.17, 15) is 4.79 Å². The summed E-state index contributed by atoms with van der Waals surface area (Å²) in [6, 6.07) is 0. The van der Waals surface area contributed by atoms with Crippen molar-refractivity contribution in [1.82, 2.24) is 5.32 Å². The van der Waals surface area contributed by atoms with Crippen LogP contribution in [0.3, 0.4) is 0 Å². The quantitative estimate of drug-likeness (QED) is 0.481. The van der Waals surface area contributed by atoms with Crippen molar-refractivity contribution in [3.05, 3.63) is 11.3 Å². The molecule has 0 saturated carbocycles. The summed E-state index contributed by atoms with van der Waals surface area (Å²) >= 11 is 2.34. The standard InChI is InChI=1S/C11H18INO2/c1-7-8(5-12)6-13-9(7)10(14)15-11(2,3)4/h8,13H,5-6H2,1-4H3.